The number of halogens is 2. The lowest BCUT2D eigenvalue weighted by atomic mass is 9.99. The summed E-state index contributed by atoms with van der Waals surface area (Å²) in [6.45, 7) is 3.74. The zero-order valence-electron chi connectivity index (χ0n) is 19.5. The first-order valence-electron chi connectivity index (χ1n) is 11.6. The number of aromatic nitrogens is 1. The lowest BCUT2D eigenvalue weighted by molar-refractivity contribution is 0.0696. The van der Waals surface area contributed by atoms with E-state index in [4.69, 9.17) is 16.6 Å². The van der Waals surface area contributed by atoms with Crippen LogP contribution in [0.2, 0.25) is 5.02 Å². The van der Waals surface area contributed by atoms with Gasteiger partial charge in [-0.3, -0.25) is 4.79 Å². The molecule has 182 valence electrons. The van der Waals surface area contributed by atoms with E-state index in [9.17, 15) is 14.7 Å². The fourth-order valence-corrected chi connectivity index (χ4v) is 5.32. The van der Waals surface area contributed by atoms with E-state index < -0.39 is 5.97 Å². The van der Waals surface area contributed by atoms with E-state index in [1.165, 1.54) is 12.1 Å². The number of aromatic carboxylic acids is 1. The van der Waals surface area contributed by atoms with E-state index in [1.807, 2.05) is 31.2 Å². The minimum Gasteiger partial charge on any atom is -0.478 e. The number of rotatable bonds is 5. The van der Waals surface area contributed by atoms with Crippen molar-refractivity contribution in [2.45, 2.75) is 19.8 Å². The van der Waals surface area contributed by atoms with Crippen molar-refractivity contribution < 1.29 is 14.7 Å². The maximum absolute atomic E-state index is 13.9. The van der Waals surface area contributed by atoms with Crippen molar-refractivity contribution in [3.05, 3.63) is 86.8 Å². The summed E-state index contributed by atoms with van der Waals surface area (Å²) < 4.78 is 0.849. The molecule has 1 saturated heterocycles. The van der Waals surface area contributed by atoms with Crippen molar-refractivity contribution in [1.29, 1.82) is 0 Å². The smallest absolute Gasteiger partial charge is 0.335 e. The summed E-state index contributed by atoms with van der Waals surface area (Å²) >= 11 is 9.97. The van der Waals surface area contributed by atoms with Crippen LogP contribution < -0.4 is 10.2 Å². The normalized spacial score (nSPS) is 13.2. The van der Waals surface area contributed by atoms with Crippen LogP contribution in [0.3, 0.4) is 0 Å². The number of nitrogens with one attached hydrogen (secondary N) is 1. The largest absolute Gasteiger partial charge is 0.478 e. The van der Waals surface area contributed by atoms with Gasteiger partial charge in [-0.25, -0.2) is 9.78 Å². The lowest BCUT2D eigenvalue weighted by Gasteiger charge is -2.22. The number of amides is 1. The first-order chi connectivity index (χ1) is 17.3. The van der Waals surface area contributed by atoms with E-state index in [0.717, 1.165) is 52.7 Å². The van der Waals surface area contributed by atoms with E-state index in [0.29, 0.717) is 27.4 Å². The Labute approximate surface area is 222 Å². The SMILES string of the molecule is Cc1c(N2CCCC2)nc2ccc(Br)cc2c1C(=O)Nc1ccc(C(=O)O)cc1-c1ccccc1Cl. The molecule has 1 aliphatic heterocycles. The predicted molar refractivity (Wildman–Crippen MR) is 147 cm³/mol. The summed E-state index contributed by atoms with van der Waals surface area (Å²) in [6, 6.07) is 17.5. The van der Waals surface area contributed by atoms with Crippen LogP contribution >= 0.6 is 27.5 Å². The first kappa shape index (κ1) is 24.3. The first-order valence-corrected chi connectivity index (χ1v) is 12.8. The monoisotopic (exact) mass is 563 g/mol. The van der Waals surface area contributed by atoms with Gasteiger partial charge in [0.1, 0.15) is 5.82 Å². The molecule has 0 saturated carbocycles. The summed E-state index contributed by atoms with van der Waals surface area (Å²) in [5.74, 6) is -0.535. The molecular weight excluding hydrogens is 542 g/mol. The predicted octanol–water partition coefficient (Wildman–Crippen LogP) is 7.18. The van der Waals surface area contributed by atoms with Crippen molar-refractivity contribution in [3.8, 4) is 11.1 Å². The quantitative estimate of drug-likeness (QED) is 0.268. The molecule has 8 heteroatoms. The van der Waals surface area contributed by atoms with Crippen molar-refractivity contribution in [1.82, 2.24) is 4.98 Å². The minimum absolute atomic E-state index is 0.105. The summed E-state index contributed by atoms with van der Waals surface area (Å²) in [5.41, 5.74) is 3.83. The third kappa shape index (κ3) is 4.56. The Morgan fingerprint density at radius 1 is 1.03 bits per heavy atom. The summed E-state index contributed by atoms with van der Waals surface area (Å²) in [4.78, 5) is 32.7. The summed E-state index contributed by atoms with van der Waals surface area (Å²) in [6.07, 6.45) is 2.19. The number of fused-ring (bicyclic) bond motifs is 1. The molecule has 2 heterocycles. The maximum Gasteiger partial charge on any atom is 0.335 e. The standard InChI is InChI=1S/C28H23BrClN3O3/c1-16-25(21-15-18(29)9-11-24(21)31-26(16)33-12-4-5-13-33)27(34)32-23-10-8-17(28(35)36)14-20(23)19-6-2-3-7-22(19)30/h2-3,6-11,14-15H,4-5,12-13H2,1H3,(H,32,34)(H,35,36). The fraction of sp³-hybridized carbons (Fsp3) is 0.179. The number of carboxylic acid groups (broad SMARTS) is 1. The van der Waals surface area contributed by atoms with E-state index in [2.05, 4.69) is 26.1 Å². The lowest BCUT2D eigenvalue weighted by Crippen LogP contribution is -2.23. The molecule has 1 amide bonds. The van der Waals surface area contributed by atoms with Gasteiger partial charge in [0.2, 0.25) is 0 Å². The average Bonchev–Trinajstić information content (AvgIpc) is 3.39. The molecule has 0 unspecified atom stereocenters. The molecule has 0 spiro atoms. The van der Waals surface area contributed by atoms with Gasteiger partial charge in [0.05, 0.1) is 16.6 Å². The molecule has 0 bridgehead atoms. The topological polar surface area (TPSA) is 82.5 Å². The van der Waals surface area contributed by atoms with Crippen molar-refractivity contribution in [3.63, 3.8) is 0 Å². The number of hydrogen-bond donors (Lipinski definition) is 2. The van der Waals surface area contributed by atoms with E-state index in [-0.39, 0.29) is 11.5 Å². The fourth-order valence-electron chi connectivity index (χ4n) is 4.72. The van der Waals surface area contributed by atoms with Gasteiger partial charge in [-0.15, -0.1) is 0 Å². The van der Waals surface area contributed by atoms with Gasteiger partial charge in [-0.1, -0.05) is 45.7 Å². The van der Waals surface area contributed by atoms with E-state index in [1.54, 1.807) is 24.3 Å². The number of carboxylic acids is 1. The number of hydrogen-bond acceptors (Lipinski definition) is 4. The van der Waals surface area contributed by atoms with Crippen LogP contribution in [0.1, 0.15) is 39.1 Å². The highest BCUT2D eigenvalue weighted by Crippen LogP contribution is 2.36. The van der Waals surface area contributed by atoms with Gasteiger partial charge in [-0.2, -0.15) is 0 Å². The second kappa shape index (κ2) is 9.91. The molecule has 3 aromatic carbocycles. The van der Waals surface area contributed by atoms with Crippen LogP contribution in [0.25, 0.3) is 22.0 Å². The molecule has 1 aromatic heterocycles. The van der Waals surface area contributed by atoms with Gasteiger partial charge >= 0.3 is 5.97 Å². The maximum atomic E-state index is 13.9. The Kier molecular flexibility index (Phi) is 6.69. The molecule has 4 aromatic rings. The van der Waals surface area contributed by atoms with Crippen molar-refractivity contribution >= 4 is 61.8 Å². The molecule has 36 heavy (non-hydrogen) atoms. The molecule has 6 nitrogen and oxygen atoms in total. The summed E-state index contributed by atoms with van der Waals surface area (Å²) in [7, 11) is 0. The highest BCUT2D eigenvalue weighted by atomic mass is 79.9. The zero-order chi connectivity index (χ0) is 25.4. The van der Waals surface area contributed by atoms with Crippen LogP contribution in [-0.2, 0) is 0 Å². The Bertz CT molecular complexity index is 1520. The Balaban J connectivity index is 1.65. The minimum atomic E-state index is -1.06. The number of carbonyl (C=O) groups excluding carboxylic acids is 1. The van der Waals surface area contributed by atoms with E-state index >= 15 is 0 Å². The Hall–Kier alpha value is -3.42. The average molecular weight is 565 g/mol. The number of nitrogens with zero attached hydrogens (tertiary/aromatic N) is 2. The number of carbonyl (C=O) groups is 2. The van der Waals surface area contributed by atoms with Gasteiger partial charge in [0, 0.05) is 50.3 Å². The molecule has 0 atom stereocenters. The molecular formula is C28H23BrClN3O3. The molecule has 5 rings (SSSR count). The van der Waals surface area contributed by atoms with Crippen LogP contribution in [0, 0.1) is 6.92 Å². The second-order valence-corrected chi connectivity index (χ2v) is 10.1. The zero-order valence-corrected chi connectivity index (χ0v) is 21.9. The third-order valence-electron chi connectivity index (χ3n) is 6.48. The van der Waals surface area contributed by atoms with Gasteiger partial charge < -0.3 is 15.3 Å². The molecule has 2 N–H and O–H groups in total. The molecule has 1 aliphatic rings. The van der Waals surface area contributed by atoms with Crippen molar-refractivity contribution in [2.75, 3.05) is 23.3 Å². The highest BCUT2D eigenvalue weighted by Gasteiger charge is 2.24. The Morgan fingerprint density at radius 3 is 2.50 bits per heavy atom. The number of pyridine rings is 1. The molecule has 1 fully saturated rings. The van der Waals surface area contributed by atoms with Crippen LogP contribution in [0.5, 0.6) is 0 Å². The van der Waals surface area contributed by atoms with Crippen molar-refractivity contribution in [2.24, 2.45) is 0 Å². The number of benzene rings is 3. The number of anilines is 2. The van der Waals surface area contributed by atoms with Gasteiger partial charge in [0.15, 0.2) is 0 Å². The summed E-state index contributed by atoms with van der Waals surface area (Å²) in [5, 5.41) is 13.8. The molecule has 0 aliphatic carbocycles. The van der Waals surface area contributed by atoms with Gasteiger partial charge in [-0.05, 0) is 62.2 Å². The Morgan fingerprint density at radius 2 is 1.78 bits per heavy atom. The molecule has 0 radical (unpaired) electrons. The van der Waals surface area contributed by atoms with Crippen LogP contribution in [0.4, 0.5) is 11.5 Å². The van der Waals surface area contributed by atoms with Crippen LogP contribution in [-0.4, -0.2) is 35.1 Å². The van der Waals surface area contributed by atoms with Crippen LogP contribution in [0.15, 0.2) is 65.1 Å². The third-order valence-corrected chi connectivity index (χ3v) is 7.30. The second-order valence-electron chi connectivity index (χ2n) is 8.79. The van der Waals surface area contributed by atoms with Gasteiger partial charge in [0.25, 0.3) is 5.91 Å². The highest BCUT2D eigenvalue weighted by molar-refractivity contribution is 9.10.